The number of hydrogen-bond donors (Lipinski definition) is 1. The fourth-order valence-corrected chi connectivity index (χ4v) is 4.13. The van der Waals surface area contributed by atoms with E-state index in [1.165, 1.54) is 5.56 Å². The summed E-state index contributed by atoms with van der Waals surface area (Å²) in [6.07, 6.45) is 2.22. The normalized spacial score (nSPS) is 31.0. The Labute approximate surface area is 130 Å². The van der Waals surface area contributed by atoms with Gasteiger partial charge in [0, 0.05) is 37.6 Å². The molecule has 0 radical (unpaired) electrons. The minimum Gasteiger partial charge on any atom is -0.381 e. The predicted molar refractivity (Wildman–Crippen MR) is 84.8 cm³/mol. The maximum absolute atomic E-state index is 12.4. The summed E-state index contributed by atoms with van der Waals surface area (Å²) in [5.41, 5.74) is 1.38. The lowest BCUT2D eigenvalue weighted by Gasteiger charge is -2.43. The molecular formula is C16H24N2O2S. The van der Waals surface area contributed by atoms with Crippen LogP contribution in [-0.2, 0) is 4.74 Å². The Bertz CT molecular complexity index is 500. The third-order valence-corrected chi connectivity index (χ3v) is 5.48. The van der Waals surface area contributed by atoms with E-state index in [4.69, 9.17) is 4.74 Å². The Kier molecular flexibility index (Phi) is 3.97. The smallest absolute Gasteiger partial charge is 0.317 e. The Morgan fingerprint density at radius 2 is 2.33 bits per heavy atom. The molecule has 3 rings (SSSR count). The van der Waals surface area contributed by atoms with Crippen LogP contribution in [0.4, 0.5) is 4.79 Å². The van der Waals surface area contributed by atoms with E-state index in [1.807, 2.05) is 4.90 Å². The number of carbonyl (C=O) groups is 1. The van der Waals surface area contributed by atoms with Crippen molar-refractivity contribution in [3.05, 3.63) is 22.4 Å². The number of hydrogen-bond acceptors (Lipinski definition) is 3. The molecule has 1 aliphatic carbocycles. The van der Waals surface area contributed by atoms with Gasteiger partial charge in [0.15, 0.2) is 0 Å². The molecule has 0 bridgehead atoms. The number of nitrogens with one attached hydrogen (secondary N) is 1. The van der Waals surface area contributed by atoms with Crippen molar-refractivity contribution in [1.82, 2.24) is 10.2 Å². The Balaban J connectivity index is 1.53. The third-order valence-electron chi connectivity index (χ3n) is 4.77. The van der Waals surface area contributed by atoms with Gasteiger partial charge in [-0.2, -0.15) is 11.3 Å². The predicted octanol–water partition coefficient (Wildman–Crippen LogP) is 3.06. The zero-order valence-electron chi connectivity index (χ0n) is 13.0. The van der Waals surface area contributed by atoms with Gasteiger partial charge in [-0.05, 0) is 35.2 Å². The van der Waals surface area contributed by atoms with Crippen molar-refractivity contribution in [2.24, 2.45) is 5.41 Å². The molecule has 1 saturated carbocycles. The van der Waals surface area contributed by atoms with Gasteiger partial charge in [0.1, 0.15) is 0 Å². The number of thiophene rings is 1. The van der Waals surface area contributed by atoms with Crippen LogP contribution in [0.3, 0.4) is 0 Å². The molecule has 2 aliphatic rings. The summed E-state index contributed by atoms with van der Waals surface area (Å²) < 4.78 is 5.54. The van der Waals surface area contributed by atoms with Gasteiger partial charge in [-0.25, -0.2) is 4.79 Å². The average Bonchev–Trinajstić information content (AvgIpc) is 2.99. The SMILES string of the molecule is COC1CCN(C(=O)N[C@@H]2C[C@H]2c2ccsc2)CC1(C)C. The van der Waals surface area contributed by atoms with Crippen LogP contribution in [0.5, 0.6) is 0 Å². The standard InChI is InChI=1S/C16H24N2O2S/c1-16(2)10-18(6-4-14(16)20-3)15(19)17-13-8-12(13)11-5-7-21-9-11/h5,7,9,12-14H,4,6,8,10H2,1-3H3,(H,17,19)/t12-,13+,14?/m0/s1. The second-order valence-electron chi connectivity index (χ2n) is 6.88. The summed E-state index contributed by atoms with van der Waals surface area (Å²) in [6, 6.07) is 2.56. The zero-order chi connectivity index (χ0) is 15.0. The van der Waals surface area contributed by atoms with Crippen molar-refractivity contribution in [1.29, 1.82) is 0 Å². The summed E-state index contributed by atoms with van der Waals surface area (Å²) >= 11 is 1.72. The molecule has 2 heterocycles. The topological polar surface area (TPSA) is 41.6 Å². The molecule has 21 heavy (non-hydrogen) atoms. The van der Waals surface area contributed by atoms with E-state index in [9.17, 15) is 4.79 Å². The summed E-state index contributed by atoms with van der Waals surface area (Å²) in [5.74, 6) is 0.518. The molecule has 1 N–H and O–H groups in total. The van der Waals surface area contributed by atoms with Gasteiger partial charge >= 0.3 is 6.03 Å². The Morgan fingerprint density at radius 1 is 1.52 bits per heavy atom. The van der Waals surface area contributed by atoms with Crippen LogP contribution in [0.25, 0.3) is 0 Å². The number of urea groups is 1. The maximum Gasteiger partial charge on any atom is 0.317 e. The molecule has 1 aromatic heterocycles. The van der Waals surface area contributed by atoms with Crippen molar-refractivity contribution in [2.75, 3.05) is 20.2 Å². The second kappa shape index (κ2) is 5.61. The number of carbonyl (C=O) groups excluding carboxylic acids is 1. The highest BCUT2D eigenvalue weighted by Gasteiger charge is 2.42. The summed E-state index contributed by atoms with van der Waals surface area (Å²) in [5, 5.41) is 7.47. The molecule has 0 aromatic carbocycles. The summed E-state index contributed by atoms with van der Waals surface area (Å²) in [7, 11) is 1.76. The van der Waals surface area contributed by atoms with Gasteiger partial charge in [-0.15, -0.1) is 0 Å². The van der Waals surface area contributed by atoms with Gasteiger partial charge in [0.05, 0.1) is 6.10 Å². The molecule has 1 aliphatic heterocycles. The number of piperidine rings is 1. The van der Waals surface area contributed by atoms with E-state index in [1.54, 1.807) is 18.4 Å². The molecular weight excluding hydrogens is 284 g/mol. The second-order valence-corrected chi connectivity index (χ2v) is 7.66. The van der Waals surface area contributed by atoms with Crippen LogP contribution in [-0.4, -0.2) is 43.3 Å². The molecule has 1 saturated heterocycles. The first kappa shape index (κ1) is 14.9. The average molecular weight is 308 g/mol. The van der Waals surface area contributed by atoms with Gasteiger partial charge in [0.25, 0.3) is 0 Å². The van der Waals surface area contributed by atoms with Crippen molar-refractivity contribution in [3.8, 4) is 0 Å². The lowest BCUT2D eigenvalue weighted by Crippen LogP contribution is -2.54. The Hall–Kier alpha value is -1.07. The van der Waals surface area contributed by atoms with Crippen LogP contribution in [0.2, 0.25) is 0 Å². The molecule has 3 atom stereocenters. The van der Waals surface area contributed by atoms with Crippen LogP contribution in [0, 0.1) is 5.41 Å². The fraction of sp³-hybridized carbons (Fsp3) is 0.688. The number of methoxy groups -OCH3 is 1. The lowest BCUT2D eigenvalue weighted by molar-refractivity contribution is -0.0406. The third kappa shape index (κ3) is 3.09. The minimum absolute atomic E-state index is 0.0145. The number of ether oxygens (including phenoxy) is 1. The number of rotatable bonds is 3. The minimum atomic E-state index is 0.0145. The van der Waals surface area contributed by atoms with Crippen LogP contribution < -0.4 is 5.32 Å². The monoisotopic (exact) mass is 308 g/mol. The quantitative estimate of drug-likeness (QED) is 0.932. The van der Waals surface area contributed by atoms with E-state index in [0.717, 1.165) is 25.9 Å². The number of nitrogens with zero attached hydrogens (tertiary/aromatic N) is 1. The first-order chi connectivity index (χ1) is 10.0. The molecule has 116 valence electrons. The molecule has 2 amide bonds. The number of amides is 2. The summed E-state index contributed by atoms with van der Waals surface area (Å²) in [4.78, 5) is 14.4. The highest BCUT2D eigenvalue weighted by atomic mass is 32.1. The van der Waals surface area contributed by atoms with Gasteiger partial charge in [-0.3, -0.25) is 0 Å². The molecule has 1 unspecified atom stereocenters. The van der Waals surface area contributed by atoms with Crippen molar-refractivity contribution < 1.29 is 9.53 Å². The molecule has 4 nitrogen and oxygen atoms in total. The van der Waals surface area contributed by atoms with E-state index in [0.29, 0.717) is 12.0 Å². The summed E-state index contributed by atoms with van der Waals surface area (Å²) in [6.45, 7) is 5.88. The van der Waals surface area contributed by atoms with Crippen molar-refractivity contribution in [2.45, 2.75) is 44.8 Å². The van der Waals surface area contributed by atoms with Gasteiger partial charge in [0.2, 0.25) is 0 Å². The highest BCUT2D eigenvalue weighted by Crippen LogP contribution is 2.42. The first-order valence-electron chi connectivity index (χ1n) is 7.61. The van der Waals surface area contributed by atoms with Crippen molar-refractivity contribution in [3.63, 3.8) is 0 Å². The lowest BCUT2D eigenvalue weighted by atomic mass is 9.81. The van der Waals surface area contributed by atoms with Crippen molar-refractivity contribution >= 4 is 17.4 Å². The molecule has 1 aromatic rings. The van der Waals surface area contributed by atoms with Crippen LogP contribution in [0.1, 0.15) is 38.2 Å². The molecule has 5 heteroatoms. The van der Waals surface area contributed by atoms with E-state index < -0.39 is 0 Å². The zero-order valence-corrected chi connectivity index (χ0v) is 13.8. The van der Waals surface area contributed by atoms with Crippen LogP contribution >= 0.6 is 11.3 Å². The highest BCUT2D eigenvalue weighted by molar-refractivity contribution is 7.08. The van der Waals surface area contributed by atoms with Gasteiger partial charge in [-0.1, -0.05) is 13.8 Å². The van der Waals surface area contributed by atoms with Gasteiger partial charge < -0.3 is 15.0 Å². The maximum atomic E-state index is 12.4. The van der Waals surface area contributed by atoms with E-state index >= 15 is 0 Å². The fourth-order valence-electron chi connectivity index (χ4n) is 3.41. The Morgan fingerprint density at radius 3 is 2.95 bits per heavy atom. The van der Waals surface area contributed by atoms with E-state index in [2.05, 4.69) is 36.0 Å². The van der Waals surface area contributed by atoms with E-state index in [-0.39, 0.29) is 17.6 Å². The number of likely N-dealkylation sites (tertiary alicyclic amines) is 1. The molecule has 0 spiro atoms. The molecule has 2 fully saturated rings. The van der Waals surface area contributed by atoms with Crippen LogP contribution in [0.15, 0.2) is 16.8 Å². The largest absolute Gasteiger partial charge is 0.381 e. The first-order valence-corrected chi connectivity index (χ1v) is 8.56.